The molecule has 1 unspecified atom stereocenters. The smallest absolute Gasteiger partial charge is 0.164 e. The van der Waals surface area contributed by atoms with Gasteiger partial charge < -0.3 is 14.3 Å². The number of pyridine rings is 1. The summed E-state index contributed by atoms with van der Waals surface area (Å²) in [7, 11) is 0. The topological polar surface area (TPSA) is 60.0 Å². The first-order valence-corrected chi connectivity index (χ1v) is 9.10. The van der Waals surface area contributed by atoms with E-state index in [2.05, 4.69) is 35.5 Å². The van der Waals surface area contributed by atoms with Gasteiger partial charge in [-0.05, 0) is 42.8 Å². The van der Waals surface area contributed by atoms with Crippen molar-refractivity contribution >= 4 is 5.65 Å². The Labute approximate surface area is 155 Å². The second kappa shape index (κ2) is 6.59. The van der Waals surface area contributed by atoms with Gasteiger partial charge >= 0.3 is 0 Å². The Morgan fingerprint density at radius 3 is 2.89 bits per heavy atom. The maximum atomic E-state index is 13.2. The predicted molar refractivity (Wildman–Crippen MR) is 99.6 cm³/mol. The SMILES string of the molecule is Fc1ccc(-c2nnc3n2CC(NCc2cccc4nccn24)CC3)cc1. The van der Waals surface area contributed by atoms with Gasteiger partial charge in [0, 0.05) is 49.2 Å². The molecule has 27 heavy (non-hydrogen) atoms. The van der Waals surface area contributed by atoms with Crippen molar-refractivity contribution in [2.24, 2.45) is 0 Å². The molecule has 0 saturated heterocycles. The average Bonchev–Trinajstić information content (AvgIpc) is 3.34. The molecule has 0 fully saturated rings. The van der Waals surface area contributed by atoms with Crippen molar-refractivity contribution in [1.82, 2.24) is 29.5 Å². The van der Waals surface area contributed by atoms with Crippen LogP contribution >= 0.6 is 0 Å². The van der Waals surface area contributed by atoms with Gasteiger partial charge in [0.25, 0.3) is 0 Å². The van der Waals surface area contributed by atoms with Gasteiger partial charge in [-0.3, -0.25) is 0 Å². The Bertz CT molecular complexity index is 1080. The predicted octanol–water partition coefficient (Wildman–Crippen LogP) is 2.84. The quantitative estimate of drug-likeness (QED) is 0.606. The van der Waals surface area contributed by atoms with Crippen LogP contribution in [0.15, 0.2) is 54.9 Å². The van der Waals surface area contributed by atoms with E-state index in [0.717, 1.165) is 48.8 Å². The van der Waals surface area contributed by atoms with Crippen LogP contribution < -0.4 is 5.32 Å². The summed E-state index contributed by atoms with van der Waals surface area (Å²) in [4.78, 5) is 4.34. The second-order valence-corrected chi connectivity index (χ2v) is 6.85. The molecule has 0 radical (unpaired) electrons. The number of aromatic nitrogens is 5. The van der Waals surface area contributed by atoms with Crippen LogP contribution in [0.3, 0.4) is 0 Å². The molecule has 1 aliphatic rings. The van der Waals surface area contributed by atoms with Crippen molar-refractivity contribution in [1.29, 1.82) is 0 Å². The number of hydrogen-bond donors (Lipinski definition) is 1. The molecule has 0 spiro atoms. The largest absolute Gasteiger partial charge is 0.309 e. The minimum Gasteiger partial charge on any atom is -0.309 e. The van der Waals surface area contributed by atoms with Crippen LogP contribution in [0.5, 0.6) is 0 Å². The van der Waals surface area contributed by atoms with Crippen molar-refractivity contribution in [3.8, 4) is 11.4 Å². The maximum absolute atomic E-state index is 13.2. The van der Waals surface area contributed by atoms with Crippen LogP contribution in [0.4, 0.5) is 4.39 Å². The summed E-state index contributed by atoms with van der Waals surface area (Å²) in [6.45, 7) is 1.57. The minimum atomic E-state index is -0.245. The van der Waals surface area contributed by atoms with E-state index < -0.39 is 0 Å². The van der Waals surface area contributed by atoms with Gasteiger partial charge in [-0.2, -0.15) is 0 Å². The number of nitrogens with zero attached hydrogens (tertiary/aromatic N) is 5. The van der Waals surface area contributed by atoms with Crippen LogP contribution in [-0.4, -0.2) is 30.2 Å². The van der Waals surface area contributed by atoms with Crippen molar-refractivity contribution in [2.45, 2.75) is 32.0 Å². The number of aryl methyl sites for hydroxylation is 1. The number of hydrogen-bond acceptors (Lipinski definition) is 4. The molecule has 6 nitrogen and oxygen atoms in total. The van der Waals surface area contributed by atoms with Gasteiger partial charge in [0.05, 0.1) is 0 Å². The zero-order valence-electron chi connectivity index (χ0n) is 14.7. The summed E-state index contributed by atoms with van der Waals surface area (Å²) in [5.41, 5.74) is 3.02. The van der Waals surface area contributed by atoms with E-state index in [-0.39, 0.29) is 5.82 Å². The molecule has 7 heteroatoms. The molecule has 0 amide bonds. The van der Waals surface area contributed by atoms with Crippen LogP contribution in [0, 0.1) is 5.82 Å². The molecule has 1 aromatic carbocycles. The van der Waals surface area contributed by atoms with E-state index in [1.807, 2.05) is 24.5 Å². The lowest BCUT2D eigenvalue weighted by molar-refractivity contribution is 0.378. The molecule has 3 aromatic heterocycles. The van der Waals surface area contributed by atoms with Gasteiger partial charge in [-0.15, -0.1) is 10.2 Å². The Morgan fingerprint density at radius 1 is 1.11 bits per heavy atom. The van der Waals surface area contributed by atoms with E-state index in [4.69, 9.17) is 0 Å². The van der Waals surface area contributed by atoms with E-state index in [9.17, 15) is 4.39 Å². The molecule has 5 rings (SSSR count). The van der Waals surface area contributed by atoms with E-state index in [1.165, 1.54) is 17.8 Å². The summed E-state index contributed by atoms with van der Waals surface area (Å²) in [5.74, 6) is 1.54. The van der Waals surface area contributed by atoms with Crippen LogP contribution in [-0.2, 0) is 19.5 Å². The molecule has 0 saturated carbocycles. The van der Waals surface area contributed by atoms with Crippen LogP contribution in [0.25, 0.3) is 17.0 Å². The normalized spacial score (nSPS) is 16.6. The third-order valence-corrected chi connectivity index (χ3v) is 5.13. The molecule has 1 atom stereocenters. The Morgan fingerprint density at radius 2 is 2.00 bits per heavy atom. The summed E-state index contributed by atoms with van der Waals surface area (Å²) in [6, 6.07) is 12.9. The first-order valence-electron chi connectivity index (χ1n) is 9.10. The van der Waals surface area contributed by atoms with E-state index >= 15 is 0 Å². The zero-order chi connectivity index (χ0) is 18.2. The van der Waals surface area contributed by atoms with Gasteiger partial charge in [-0.25, -0.2) is 9.37 Å². The molecular weight excluding hydrogens is 343 g/mol. The summed E-state index contributed by atoms with van der Waals surface area (Å²) < 4.78 is 17.5. The molecule has 0 bridgehead atoms. The fourth-order valence-corrected chi connectivity index (χ4v) is 3.71. The third kappa shape index (κ3) is 3.00. The fourth-order valence-electron chi connectivity index (χ4n) is 3.71. The van der Waals surface area contributed by atoms with Crippen molar-refractivity contribution < 1.29 is 4.39 Å². The molecule has 0 aliphatic carbocycles. The summed E-state index contributed by atoms with van der Waals surface area (Å²) in [5, 5.41) is 12.3. The molecule has 1 N–H and O–H groups in total. The number of rotatable bonds is 4. The third-order valence-electron chi connectivity index (χ3n) is 5.13. The number of fused-ring (bicyclic) bond motifs is 2. The number of imidazole rings is 1. The average molecular weight is 362 g/mol. The van der Waals surface area contributed by atoms with Crippen molar-refractivity contribution in [3.63, 3.8) is 0 Å². The van der Waals surface area contributed by atoms with E-state index in [1.54, 1.807) is 12.1 Å². The maximum Gasteiger partial charge on any atom is 0.164 e. The Balaban J connectivity index is 1.34. The minimum absolute atomic E-state index is 0.245. The Kier molecular flexibility index (Phi) is 3.94. The molecular formula is C20H19FN6. The van der Waals surface area contributed by atoms with Gasteiger partial charge in [0.2, 0.25) is 0 Å². The first-order chi connectivity index (χ1) is 13.3. The zero-order valence-corrected chi connectivity index (χ0v) is 14.7. The first kappa shape index (κ1) is 16.1. The molecule has 4 heterocycles. The second-order valence-electron chi connectivity index (χ2n) is 6.85. The van der Waals surface area contributed by atoms with Crippen LogP contribution in [0.2, 0.25) is 0 Å². The van der Waals surface area contributed by atoms with Gasteiger partial charge in [-0.1, -0.05) is 6.07 Å². The standard InChI is InChI=1S/C20H19FN6/c21-15-6-4-14(5-7-15)20-25-24-19-9-8-16(13-27(19)20)23-12-17-2-1-3-18-22-10-11-26(17)18/h1-7,10-11,16,23H,8-9,12-13H2. The van der Waals surface area contributed by atoms with Crippen molar-refractivity contribution in [2.75, 3.05) is 0 Å². The highest BCUT2D eigenvalue weighted by molar-refractivity contribution is 5.55. The van der Waals surface area contributed by atoms with E-state index in [0.29, 0.717) is 6.04 Å². The highest BCUT2D eigenvalue weighted by Crippen LogP contribution is 2.23. The lowest BCUT2D eigenvalue weighted by Gasteiger charge is -2.25. The summed E-state index contributed by atoms with van der Waals surface area (Å²) in [6.07, 6.45) is 5.69. The highest BCUT2D eigenvalue weighted by atomic mass is 19.1. The van der Waals surface area contributed by atoms with Crippen molar-refractivity contribution in [3.05, 3.63) is 72.2 Å². The Hall–Kier alpha value is -3.06. The lowest BCUT2D eigenvalue weighted by Crippen LogP contribution is -2.37. The number of benzene rings is 1. The highest BCUT2D eigenvalue weighted by Gasteiger charge is 2.23. The monoisotopic (exact) mass is 362 g/mol. The van der Waals surface area contributed by atoms with Crippen LogP contribution in [0.1, 0.15) is 17.9 Å². The molecule has 4 aromatic rings. The summed E-state index contributed by atoms with van der Waals surface area (Å²) >= 11 is 0. The lowest BCUT2D eigenvalue weighted by atomic mass is 10.1. The number of halogens is 1. The number of nitrogens with one attached hydrogen (secondary N) is 1. The van der Waals surface area contributed by atoms with Gasteiger partial charge in [0.15, 0.2) is 5.82 Å². The molecule has 136 valence electrons. The molecule has 1 aliphatic heterocycles. The van der Waals surface area contributed by atoms with Gasteiger partial charge in [0.1, 0.15) is 17.3 Å². The fraction of sp³-hybridized carbons (Fsp3) is 0.250.